The molecule has 182 valence electrons. The summed E-state index contributed by atoms with van der Waals surface area (Å²) in [6, 6.07) is 21.0. The molecule has 0 aliphatic carbocycles. The SMILES string of the molecule is COCCN(C)C[C@H](CC(=O)N(C)OC)O[Si](c1ccccc1)(c1ccccc1)C(C)(C)C. The summed E-state index contributed by atoms with van der Waals surface area (Å²) in [5.74, 6) is -0.111. The monoisotopic (exact) mass is 472 g/mol. The maximum atomic E-state index is 12.9. The van der Waals surface area contributed by atoms with E-state index in [1.54, 1.807) is 14.2 Å². The van der Waals surface area contributed by atoms with E-state index >= 15 is 0 Å². The molecular weight excluding hydrogens is 432 g/mol. The summed E-state index contributed by atoms with van der Waals surface area (Å²) < 4.78 is 12.5. The van der Waals surface area contributed by atoms with Crippen molar-refractivity contribution in [3.63, 3.8) is 0 Å². The van der Waals surface area contributed by atoms with Crippen molar-refractivity contribution in [1.82, 2.24) is 9.96 Å². The van der Waals surface area contributed by atoms with Gasteiger partial charge in [0.15, 0.2) is 0 Å². The van der Waals surface area contributed by atoms with E-state index in [9.17, 15) is 4.79 Å². The molecule has 0 unspecified atom stereocenters. The van der Waals surface area contributed by atoms with Gasteiger partial charge in [0.25, 0.3) is 8.32 Å². The van der Waals surface area contributed by atoms with Gasteiger partial charge < -0.3 is 14.1 Å². The van der Waals surface area contributed by atoms with Crippen LogP contribution >= 0.6 is 0 Å². The molecule has 6 nitrogen and oxygen atoms in total. The van der Waals surface area contributed by atoms with Gasteiger partial charge in [-0.3, -0.25) is 9.63 Å². The van der Waals surface area contributed by atoms with Crippen LogP contribution in [0.15, 0.2) is 60.7 Å². The Labute approximate surface area is 200 Å². The summed E-state index contributed by atoms with van der Waals surface area (Å²) in [7, 11) is 4.07. The standard InChI is InChI=1S/C26H40N2O4Si/c1-26(2,3)33(23-14-10-8-11-15-23,24-16-12-9-13-17-24)32-22(20-25(29)28(5)31-7)21-27(4)18-19-30-6/h8-17,22H,18-21H2,1-7H3/t22-/m0/s1. The van der Waals surface area contributed by atoms with Crippen molar-refractivity contribution in [2.45, 2.75) is 38.3 Å². The lowest BCUT2D eigenvalue weighted by Gasteiger charge is -2.45. The number of nitrogens with zero attached hydrogens (tertiary/aromatic N) is 2. The van der Waals surface area contributed by atoms with Gasteiger partial charge in [-0.05, 0) is 22.5 Å². The molecule has 0 aliphatic heterocycles. The van der Waals surface area contributed by atoms with Crippen molar-refractivity contribution in [3.8, 4) is 0 Å². The minimum Gasteiger partial charge on any atom is -0.403 e. The van der Waals surface area contributed by atoms with E-state index in [0.717, 1.165) is 6.54 Å². The summed E-state index contributed by atoms with van der Waals surface area (Å²) in [5.41, 5.74) is 0. The van der Waals surface area contributed by atoms with Gasteiger partial charge in [0.2, 0.25) is 5.91 Å². The van der Waals surface area contributed by atoms with Crippen LogP contribution < -0.4 is 10.4 Å². The third-order valence-electron chi connectivity index (χ3n) is 5.98. The molecule has 7 heteroatoms. The molecule has 0 aliphatic rings. The maximum Gasteiger partial charge on any atom is 0.261 e. The molecule has 0 aromatic heterocycles. The number of carbonyl (C=O) groups is 1. The zero-order chi connectivity index (χ0) is 24.5. The third kappa shape index (κ3) is 6.98. The number of hydrogen-bond acceptors (Lipinski definition) is 5. The number of benzene rings is 2. The number of amides is 1. The fourth-order valence-electron chi connectivity index (χ4n) is 4.20. The van der Waals surface area contributed by atoms with Crippen molar-refractivity contribution < 1.29 is 18.8 Å². The second-order valence-corrected chi connectivity index (χ2v) is 13.7. The van der Waals surface area contributed by atoms with Crippen LogP contribution in [-0.4, -0.2) is 78.3 Å². The van der Waals surface area contributed by atoms with Crippen molar-refractivity contribution in [2.75, 3.05) is 48.0 Å². The molecule has 1 amide bonds. The Balaban J connectivity index is 2.57. The van der Waals surface area contributed by atoms with E-state index in [2.05, 4.69) is 74.2 Å². The Kier molecular flexibility index (Phi) is 10.3. The fourth-order valence-corrected chi connectivity index (χ4v) is 8.87. The molecule has 0 fully saturated rings. The summed E-state index contributed by atoms with van der Waals surface area (Å²) in [5, 5.41) is 3.49. The first kappa shape index (κ1) is 27.2. The summed E-state index contributed by atoms with van der Waals surface area (Å²) >= 11 is 0. The Morgan fingerprint density at radius 1 is 0.939 bits per heavy atom. The number of carbonyl (C=O) groups excluding carboxylic acids is 1. The highest BCUT2D eigenvalue weighted by molar-refractivity contribution is 6.99. The first-order chi connectivity index (χ1) is 15.7. The highest BCUT2D eigenvalue weighted by Gasteiger charge is 2.51. The van der Waals surface area contributed by atoms with Gasteiger partial charge in [-0.15, -0.1) is 0 Å². The van der Waals surface area contributed by atoms with E-state index in [-0.39, 0.29) is 23.5 Å². The molecule has 2 rings (SSSR count). The topological polar surface area (TPSA) is 51.2 Å². The van der Waals surface area contributed by atoms with Gasteiger partial charge in [0, 0.05) is 27.2 Å². The summed E-state index contributed by atoms with van der Waals surface area (Å²) in [4.78, 5) is 20.2. The zero-order valence-corrected chi connectivity index (χ0v) is 22.2. The van der Waals surface area contributed by atoms with Crippen LogP contribution in [0.5, 0.6) is 0 Å². The van der Waals surface area contributed by atoms with E-state index in [1.165, 1.54) is 22.5 Å². The molecule has 2 aromatic carbocycles. The minimum atomic E-state index is -2.79. The van der Waals surface area contributed by atoms with Crippen LogP contribution in [0.3, 0.4) is 0 Å². The quantitative estimate of drug-likeness (QED) is 0.351. The average Bonchev–Trinajstić information content (AvgIpc) is 2.80. The Morgan fingerprint density at radius 2 is 1.45 bits per heavy atom. The fraction of sp³-hybridized carbons (Fsp3) is 0.500. The molecule has 0 N–H and O–H groups in total. The van der Waals surface area contributed by atoms with Crippen molar-refractivity contribution >= 4 is 24.6 Å². The third-order valence-corrected chi connectivity index (χ3v) is 11.1. The predicted molar refractivity (Wildman–Crippen MR) is 136 cm³/mol. The average molecular weight is 473 g/mol. The van der Waals surface area contributed by atoms with Gasteiger partial charge in [-0.25, -0.2) is 5.06 Å². The second kappa shape index (κ2) is 12.4. The van der Waals surface area contributed by atoms with E-state index in [1.807, 2.05) is 19.2 Å². The summed E-state index contributed by atoms with van der Waals surface area (Å²) in [6.45, 7) is 8.72. The summed E-state index contributed by atoms with van der Waals surface area (Å²) in [6.07, 6.45) is -0.0881. The predicted octanol–water partition coefficient (Wildman–Crippen LogP) is 2.92. The lowest BCUT2D eigenvalue weighted by molar-refractivity contribution is -0.170. The molecule has 0 bridgehead atoms. The number of ether oxygens (including phenoxy) is 1. The maximum absolute atomic E-state index is 12.9. The first-order valence-electron chi connectivity index (χ1n) is 11.4. The number of rotatable bonds is 12. The minimum absolute atomic E-state index is 0.111. The second-order valence-electron chi connectivity index (χ2n) is 9.44. The molecule has 0 saturated carbocycles. The normalized spacial score (nSPS) is 13.2. The smallest absolute Gasteiger partial charge is 0.261 e. The largest absolute Gasteiger partial charge is 0.403 e. The van der Waals surface area contributed by atoms with E-state index in [0.29, 0.717) is 13.2 Å². The highest BCUT2D eigenvalue weighted by Crippen LogP contribution is 2.38. The molecule has 0 spiro atoms. The van der Waals surface area contributed by atoms with Gasteiger partial charge in [0.1, 0.15) is 0 Å². The van der Waals surface area contributed by atoms with E-state index < -0.39 is 8.32 Å². The van der Waals surface area contributed by atoms with Crippen LogP contribution in [0.25, 0.3) is 0 Å². The first-order valence-corrected chi connectivity index (χ1v) is 13.3. The zero-order valence-electron chi connectivity index (χ0n) is 21.2. The van der Waals surface area contributed by atoms with Crippen molar-refractivity contribution in [1.29, 1.82) is 0 Å². The van der Waals surface area contributed by atoms with Crippen LogP contribution in [0.1, 0.15) is 27.2 Å². The number of hydroxylamine groups is 2. The van der Waals surface area contributed by atoms with Gasteiger partial charge in [0.05, 0.1) is 26.2 Å². The number of hydrogen-bond donors (Lipinski definition) is 0. The number of methoxy groups -OCH3 is 1. The van der Waals surface area contributed by atoms with Crippen LogP contribution in [-0.2, 0) is 18.8 Å². The van der Waals surface area contributed by atoms with Gasteiger partial charge in [-0.2, -0.15) is 0 Å². The van der Waals surface area contributed by atoms with Crippen molar-refractivity contribution in [3.05, 3.63) is 60.7 Å². The van der Waals surface area contributed by atoms with Gasteiger partial charge >= 0.3 is 0 Å². The van der Waals surface area contributed by atoms with Gasteiger partial charge in [-0.1, -0.05) is 81.4 Å². The van der Waals surface area contributed by atoms with E-state index in [4.69, 9.17) is 14.0 Å². The van der Waals surface area contributed by atoms with Crippen LogP contribution in [0.2, 0.25) is 5.04 Å². The van der Waals surface area contributed by atoms with Crippen LogP contribution in [0.4, 0.5) is 0 Å². The lowest BCUT2D eigenvalue weighted by Crippen LogP contribution is -2.68. The molecule has 0 saturated heterocycles. The molecule has 1 atom stereocenters. The Hall–Kier alpha value is -2.03. The molecule has 2 aromatic rings. The number of likely N-dealkylation sites (N-methyl/N-ethyl adjacent to an activating group) is 1. The molecular formula is C26H40N2O4Si. The molecule has 0 radical (unpaired) electrons. The van der Waals surface area contributed by atoms with Crippen LogP contribution in [0, 0.1) is 0 Å². The van der Waals surface area contributed by atoms with Crippen molar-refractivity contribution in [2.24, 2.45) is 0 Å². The lowest BCUT2D eigenvalue weighted by atomic mass is 10.2. The Morgan fingerprint density at radius 3 is 1.88 bits per heavy atom. The Bertz CT molecular complexity index is 803. The molecule has 0 heterocycles. The molecule has 33 heavy (non-hydrogen) atoms. The highest BCUT2D eigenvalue weighted by atomic mass is 28.4.